The van der Waals surface area contributed by atoms with Crippen LogP contribution in [0.4, 0.5) is 10.5 Å². The van der Waals surface area contributed by atoms with Gasteiger partial charge in [0.25, 0.3) is 5.91 Å². The Morgan fingerprint density at radius 3 is 2.50 bits per heavy atom. The molecule has 0 aliphatic carbocycles. The van der Waals surface area contributed by atoms with Gasteiger partial charge in [0.05, 0.1) is 0 Å². The molecule has 1 atom stereocenters. The van der Waals surface area contributed by atoms with Gasteiger partial charge in [0, 0.05) is 24.0 Å². The average Bonchev–Trinajstić information content (AvgIpc) is 3.04. The number of anilines is 1. The Kier molecular flexibility index (Phi) is 5.75. The lowest BCUT2D eigenvalue weighted by Crippen LogP contribution is -2.33. The first-order chi connectivity index (χ1) is 14.6. The molecule has 6 heteroatoms. The lowest BCUT2D eigenvalue weighted by atomic mass is 10.1. The molecule has 4 amide bonds. The monoisotopic (exact) mass is 401 g/mol. The Hall–Kier alpha value is -3.67. The zero-order valence-electron chi connectivity index (χ0n) is 16.5. The van der Waals surface area contributed by atoms with Gasteiger partial charge in [-0.05, 0) is 29.9 Å². The molecule has 0 spiro atoms. The summed E-state index contributed by atoms with van der Waals surface area (Å²) < 4.78 is 0. The highest BCUT2D eigenvalue weighted by Gasteiger charge is 2.37. The van der Waals surface area contributed by atoms with Gasteiger partial charge in [-0.25, -0.2) is 4.79 Å². The van der Waals surface area contributed by atoms with Crippen LogP contribution in [-0.2, 0) is 16.0 Å². The molecular weight excluding hydrogens is 378 g/mol. The number of nitrogens with zero attached hydrogens (tertiary/aromatic N) is 1. The summed E-state index contributed by atoms with van der Waals surface area (Å²) in [6, 6.07) is 22.2. The fraction of sp³-hybridized carbons (Fsp3) is 0.208. The summed E-state index contributed by atoms with van der Waals surface area (Å²) >= 11 is 0. The fourth-order valence-corrected chi connectivity index (χ4v) is 3.69. The van der Waals surface area contributed by atoms with Crippen LogP contribution in [0.15, 0.2) is 72.8 Å². The number of rotatable bonds is 7. The van der Waals surface area contributed by atoms with Gasteiger partial charge >= 0.3 is 6.03 Å². The molecule has 2 N–H and O–H groups in total. The zero-order valence-corrected chi connectivity index (χ0v) is 16.5. The minimum absolute atomic E-state index is 0.145. The van der Waals surface area contributed by atoms with Crippen molar-refractivity contribution in [3.8, 4) is 0 Å². The Labute approximate surface area is 174 Å². The summed E-state index contributed by atoms with van der Waals surface area (Å²) in [7, 11) is 0. The lowest BCUT2D eigenvalue weighted by Gasteiger charge is -2.13. The number of nitrogens with one attached hydrogen (secondary N) is 2. The van der Waals surface area contributed by atoms with Crippen LogP contribution in [0.3, 0.4) is 0 Å². The minimum Gasteiger partial charge on any atom is -0.326 e. The molecule has 0 saturated carbocycles. The number of hydrogen-bond acceptors (Lipinski definition) is 3. The molecule has 1 fully saturated rings. The van der Waals surface area contributed by atoms with Gasteiger partial charge in [0.15, 0.2) is 0 Å². The molecule has 4 rings (SSSR count). The van der Waals surface area contributed by atoms with Crippen molar-refractivity contribution in [2.75, 3.05) is 11.9 Å². The molecule has 3 aromatic carbocycles. The predicted molar refractivity (Wildman–Crippen MR) is 116 cm³/mol. The maximum Gasteiger partial charge on any atom is 0.324 e. The highest BCUT2D eigenvalue weighted by molar-refractivity contribution is 6.05. The number of fused-ring (bicyclic) bond motifs is 1. The highest BCUT2D eigenvalue weighted by atomic mass is 16.2. The van der Waals surface area contributed by atoms with E-state index in [-0.39, 0.29) is 24.7 Å². The zero-order chi connectivity index (χ0) is 20.9. The summed E-state index contributed by atoms with van der Waals surface area (Å²) in [6.45, 7) is 0.327. The first-order valence-electron chi connectivity index (χ1n) is 10.1. The van der Waals surface area contributed by atoms with E-state index in [1.165, 1.54) is 4.90 Å². The van der Waals surface area contributed by atoms with Gasteiger partial charge in [-0.15, -0.1) is 0 Å². The van der Waals surface area contributed by atoms with E-state index < -0.39 is 12.1 Å². The van der Waals surface area contributed by atoms with E-state index in [4.69, 9.17) is 0 Å². The molecule has 6 nitrogen and oxygen atoms in total. The van der Waals surface area contributed by atoms with E-state index in [0.29, 0.717) is 13.0 Å². The number of imide groups is 1. The van der Waals surface area contributed by atoms with Gasteiger partial charge in [0.1, 0.15) is 6.04 Å². The molecule has 0 radical (unpaired) electrons. The number of amides is 4. The van der Waals surface area contributed by atoms with E-state index in [2.05, 4.69) is 10.6 Å². The summed E-state index contributed by atoms with van der Waals surface area (Å²) in [6.07, 6.45) is 1.02. The Morgan fingerprint density at radius 1 is 0.933 bits per heavy atom. The fourth-order valence-electron chi connectivity index (χ4n) is 3.69. The Bertz CT molecular complexity index is 1080. The van der Waals surface area contributed by atoms with Crippen LogP contribution in [0, 0.1) is 0 Å². The predicted octanol–water partition coefficient (Wildman–Crippen LogP) is 3.72. The van der Waals surface area contributed by atoms with E-state index in [9.17, 15) is 14.4 Å². The lowest BCUT2D eigenvalue weighted by molar-refractivity contribution is -0.127. The summed E-state index contributed by atoms with van der Waals surface area (Å²) in [5, 5.41) is 7.62. The number of urea groups is 1. The van der Waals surface area contributed by atoms with Crippen LogP contribution in [0.25, 0.3) is 10.8 Å². The minimum atomic E-state index is -0.661. The van der Waals surface area contributed by atoms with E-state index >= 15 is 0 Å². The molecular formula is C24H23N3O3. The molecule has 0 aromatic heterocycles. The van der Waals surface area contributed by atoms with Crippen LogP contribution in [0.1, 0.15) is 18.4 Å². The Morgan fingerprint density at radius 2 is 1.67 bits per heavy atom. The SMILES string of the molecule is O=C(CCC1NC(=O)N(CCc2ccccc2)C1=O)Nc1cccc2ccccc12. The van der Waals surface area contributed by atoms with Crippen LogP contribution in [0.5, 0.6) is 0 Å². The second-order valence-electron chi connectivity index (χ2n) is 7.34. The molecule has 3 aromatic rings. The molecule has 1 aliphatic rings. The molecule has 1 heterocycles. The first-order valence-corrected chi connectivity index (χ1v) is 10.1. The second kappa shape index (κ2) is 8.78. The van der Waals surface area contributed by atoms with Crippen LogP contribution in [-0.4, -0.2) is 35.3 Å². The van der Waals surface area contributed by atoms with Crippen molar-refractivity contribution in [1.82, 2.24) is 10.2 Å². The quantitative estimate of drug-likeness (QED) is 0.592. The number of carbonyl (C=O) groups excluding carboxylic acids is 3. The first kappa shape index (κ1) is 19.6. The Balaban J connectivity index is 1.31. The number of hydrogen-bond donors (Lipinski definition) is 2. The average molecular weight is 401 g/mol. The van der Waals surface area contributed by atoms with Crippen LogP contribution >= 0.6 is 0 Å². The summed E-state index contributed by atoms with van der Waals surface area (Å²) in [4.78, 5) is 38.5. The molecule has 1 unspecified atom stereocenters. The van der Waals surface area contributed by atoms with Gasteiger partial charge in [-0.1, -0.05) is 66.7 Å². The molecule has 152 valence electrons. The van der Waals surface area contributed by atoms with E-state index in [1.807, 2.05) is 72.8 Å². The molecule has 1 aliphatic heterocycles. The smallest absolute Gasteiger partial charge is 0.324 e. The van der Waals surface area contributed by atoms with Gasteiger partial charge in [-0.2, -0.15) is 0 Å². The van der Waals surface area contributed by atoms with Crippen molar-refractivity contribution in [3.63, 3.8) is 0 Å². The molecule has 1 saturated heterocycles. The van der Waals surface area contributed by atoms with Gasteiger partial charge < -0.3 is 10.6 Å². The number of benzene rings is 3. The van der Waals surface area contributed by atoms with Crippen molar-refractivity contribution < 1.29 is 14.4 Å². The standard InChI is InChI=1S/C24H23N3O3/c28-22(25-20-12-6-10-18-9-4-5-11-19(18)20)14-13-21-23(29)27(24(30)26-21)16-15-17-7-2-1-3-8-17/h1-12,21H,13-16H2,(H,25,28)(H,26,30). The van der Waals surface area contributed by atoms with Crippen molar-refractivity contribution in [1.29, 1.82) is 0 Å². The van der Waals surface area contributed by atoms with Crippen molar-refractivity contribution in [2.24, 2.45) is 0 Å². The van der Waals surface area contributed by atoms with Gasteiger partial charge in [-0.3, -0.25) is 14.5 Å². The van der Waals surface area contributed by atoms with Crippen molar-refractivity contribution in [3.05, 3.63) is 78.4 Å². The van der Waals surface area contributed by atoms with E-state index in [0.717, 1.165) is 22.0 Å². The van der Waals surface area contributed by atoms with Crippen LogP contribution < -0.4 is 10.6 Å². The maximum atomic E-state index is 12.6. The van der Waals surface area contributed by atoms with E-state index in [1.54, 1.807) is 0 Å². The summed E-state index contributed by atoms with van der Waals surface area (Å²) in [5.41, 5.74) is 1.81. The van der Waals surface area contributed by atoms with Crippen molar-refractivity contribution >= 4 is 34.3 Å². The highest BCUT2D eigenvalue weighted by Crippen LogP contribution is 2.23. The third-order valence-corrected chi connectivity index (χ3v) is 5.30. The molecule has 0 bridgehead atoms. The third-order valence-electron chi connectivity index (χ3n) is 5.30. The number of carbonyl (C=O) groups is 3. The largest absolute Gasteiger partial charge is 0.326 e. The summed E-state index contributed by atoms with van der Waals surface area (Å²) in [5.74, 6) is -0.454. The molecule has 30 heavy (non-hydrogen) atoms. The van der Waals surface area contributed by atoms with Gasteiger partial charge in [0.2, 0.25) is 5.91 Å². The normalized spacial score (nSPS) is 16.0. The maximum absolute atomic E-state index is 12.6. The van der Waals surface area contributed by atoms with Crippen LogP contribution in [0.2, 0.25) is 0 Å². The topological polar surface area (TPSA) is 78.5 Å². The van der Waals surface area contributed by atoms with Crippen molar-refractivity contribution in [2.45, 2.75) is 25.3 Å². The second-order valence-corrected chi connectivity index (χ2v) is 7.34. The third kappa shape index (κ3) is 4.33.